The minimum atomic E-state index is -0.0616. The highest BCUT2D eigenvalue weighted by Crippen LogP contribution is 2.14. The minimum Gasteiger partial charge on any atom is -0.323 e. The van der Waals surface area contributed by atoms with Crippen LogP contribution in [0.25, 0.3) is 5.65 Å². The van der Waals surface area contributed by atoms with Gasteiger partial charge in [0.2, 0.25) is 0 Å². The highest BCUT2D eigenvalue weighted by molar-refractivity contribution is 6.29. The zero-order chi connectivity index (χ0) is 9.42. The molecule has 0 bridgehead atoms. The molecule has 2 aromatic heterocycles. The van der Waals surface area contributed by atoms with Crippen LogP contribution >= 0.6 is 11.6 Å². The molecule has 1 atom stereocenters. The number of fused-ring (bicyclic) bond motifs is 1. The van der Waals surface area contributed by atoms with E-state index in [1.54, 1.807) is 18.6 Å². The molecule has 4 nitrogen and oxygen atoms in total. The maximum atomic E-state index is 5.75. The maximum absolute atomic E-state index is 5.75. The molecule has 0 radical (unpaired) electrons. The predicted octanol–water partition coefficient (Wildman–Crippen LogP) is 1.40. The van der Waals surface area contributed by atoms with Gasteiger partial charge >= 0.3 is 0 Å². The molecule has 68 valence electrons. The van der Waals surface area contributed by atoms with Crippen molar-refractivity contribution >= 4 is 17.2 Å². The van der Waals surface area contributed by atoms with Crippen LogP contribution in [0.3, 0.4) is 0 Å². The fourth-order valence-electron chi connectivity index (χ4n) is 1.22. The van der Waals surface area contributed by atoms with Crippen LogP contribution in [0, 0.1) is 0 Å². The second-order valence-corrected chi connectivity index (χ2v) is 3.30. The van der Waals surface area contributed by atoms with E-state index in [2.05, 4.69) is 9.97 Å². The molecular weight excluding hydrogens is 188 g/mol. The summed E-state index contributed by atoms with van der Waals surface area (Å²) in [6.07, 6.45) is 5.06. The third-order valence-corrected chi connectivity index (χ3v) is 2.05. The topological polar surface area (TPSA) is 56.2 Å². The molecule has 2 N–H and O–H groups in total. The number of imidazole rings is 1. The van der Waals surface area contributed by atoms with Gasteiger partial charge in [0.15, 0.2) is 5.65 Å². The second-order valence-electron chi connectivity index (χ2n) is 2.91. The third-order valence-electron chi connectivity index (χ3n) is 1.86. The Morgan fingerprint density at radius 3 is 2.92 bits per heavy atom. The maximum Gasteiger partial charge on any atom is 0.155 e. The van der Waals surface area contributed by atoms with Gasteiger partial charge in [-0.2, -0.15) is 0 Å². The summed E-state index contributed by atoms with van der Waals surface area (Å²) in [5.74, 6) is 0. The molecule has 0 amide bonds. The van der Waals surface area contributed by atoms with Gasteiger partial charge in [0.1, 0.15) is 5.15 Å². The van der Waals surface area contributed by atoms with Crippen molar-refractivity contribution in [3.8, 4) is 0 Å². The summed E-state index contributed by atoms with van der Waals surface area (Å²) in [7, 11) is 0. The summed E-state index contributed by atoms with van der Waals surface area (Å²) in [4.78, 5) is 8.06. The van der Waals surface area contributed by atoms with Gasteiger partial charge in [-0.1, -0.05) is 11.6 Å². The summed E-state index contributed by atoms with van der Waals surface area (Å²) in [6, 6.07) is -0.0616. The summed E-state index contributed by atoms with van der Waals surface area (Å²) in [5.41, 5.74) is 7.44. The molecule has 2 rings (SSSR count). The van der Waals surface area contributed by atoms with Crippen LogP contribution in [-0.4, -0.2) is 14.4 Å². The van der Waals surface area contributed by atoms with Gasteiger partial charge in [0.05, 0.1) is 18.1 Å². The summed E-state index contributed by atoms with van der Waals surface area (Å²) >= 11 is 5.75. The Morgan fingerprint density at radius 2 is 2.23 bits per heavy atom. The van der Waals surface area contributed by atoms with Crippen molar-refractivity contribution in [1.82, 2.24) is 14.4 Å². The molecule has 0 spiro atoms. The molecule has 13 heavy (non-hydrogen) atoms. The Balaban J connectivity index is 2.71. The fourth-order valence-corrected chi connectivity index (χ4v) is 1.37. The van der Waals surface area contributed by atoms with Crippen molar-refractivity contribution in [3.63, 3.8) is 0 Å². The molecule has 0 aliphatic heterocycles. The molecule has 1 unspecified atom stereocenters. The lowest BCUT2D eigenvalue weighted by Crippen LogP contribution is -2.07. The van der Waals surface area contributed by atoms with Crippen LogP contribution in [0.1, 0.15) is 18.7 Å². The Bertz CT molecular complexity index is 435. The minimum absolute atomic E-state index is 0.0616. The van der Waals surface area contributed by atoms with E-state index < -0.39 is 0 Å². The van der Waals surface area contributed by atoms with Crippen LogP contribution in [0.5, 0.6) is 0 Å². The van der Waals surface area contributed by atoms with Crippen LogP contribution in [0.4, 0.5) is 0 Å². The lowest BCUT2D eigenvalue weighted by molar-refractivity contribution is 0.768. The Kier molecular flexibility index (Phi) is 1.94. The van der Waals surface area contributed by atoms with Crippen molar-refractivity contribution in [2.75, 3.05) is 0 Å². The molecule has 5 heteroatoms. The largest absolute Gasteiger partial charge is 0.323 e. The number of nitrogens with zero attached hydrogens (tertiary/aromatic N) is 3. The number of hydrogen-bond acceptors (Lipinski definition) is 3. The molecule has 0 saturated carbocycles. The van der Waals surface area contributed by atoms with E-state index in [0.717, 1.165) is 11.3 Å². The molecular formula is C8H9ClN4. The lowest BCUT2D eigenvalue weighted by atomic mass is 10.3. The zero-order valence-electron chi connectivity index (χ0n) is 7.11. The Labute approximate surface area is 80.4 Å². The van der Waals surface area contributed by atoms with Gasteiger partial charge in [0, 0.05) is 12.2 Å². The van der Waals surface area contributed by atoms with Gasteiger partial charge in [-0.15, -0.1) is 0 Å². The standard InChI is InChI=1S/C8H9ClN4/c1-5(10)6-2-12-8-3-11-7(9)4-13(6)8/h2-5H,10H2,1H3. The highest BCUT2D eigenvalue weighted by atomic mass is 35.5. The SMILES string of the molecule is CC(N)c1cnc2cnc(Cl)cn12. The van der Waals surface area contributed by atoms with E-state index in [0.29, 0.717) is 5.15 Å². The molecule has 0 aliphatic carbocycles. The van der Waals surface area contributed by atoms with Crippen molar-refractivity contribution < 1.29 is 0 Å². The highest BCUT2D eigenvalue weighted by Gasteiger charge is 2.07. The zero-order valence-corrected chi connectivity index (χ0v) is 7.86. The van der Waals surface area contributed by atoms with Gasteiger partial charge in [-0.25, -0.2) is 9.97 Å². The van der Waals surface area contributed by atoms with Crippen LogP contribution < -0.4 is 5.73 Å². The first kappa shape index (κ1) is 8.47. The molecule has 2 aromatic rings. The van der Waals surface area contributed by atoms with Gasteiger partial charge < -0.3 is 5.73 Å². The van der Waals surface area contributed by atoms with E-state index in [-0.39, 0.29) is 6.04 Å². The summed E-state index contributed by atoms with van der Waals surface area (Å²) in [5, 5.41) is 0.437. The van der Waals surface area contributed by atoms with E-state index in [9.17, 15) is 0 Å². The molecule has 0 aromatic carbocycles. The third kappa shape index (κ3) is 1.38. The average Bonchev–Trinajstić information content (AvgIpc) is 2.46. The smallest absolute Gasteiger partial charge is 0.155 e. The van der Waals surface area contributed by atoms with E-state index in [1.807, 2.05) is 11.3 Å². The first-order chi connectivity index (χ1) is 6.18. The normalized spacial score (nSPS) is 13.5. The second kappa shape index (κ2) is 2.97. The first-order valence-electron chi connectivity index (χ1n) is 3.92. The number of aromatic nitrogens is 3. The number of nitrogens with two attached hydrogens (primary N) is 1. The van der Waals surface area contributed by atoms with Gasteiger partial charge in [0.25, 0.3) is 0 Å². The fraction of sp³-hybridized carbons (Fsp3) is 0.250. The van der Waals surface area contributed by atoms with Crippen molar-refractivity contribution in [2.45, 2.75) is 13.0 Å². The van der Waals surface area contributed by atoms with E-state index in [1.165, 1.54) is 0 Å². The Morgan fingerprint density at radius 1 is 1.46 bits per heavy atom. The summed E-state index contributed by atoms with van der Waals surface area (Å²) in [6.45, 7) is 1.90. The molecule has 0 saturated heterocycles. The predicted molar refractivity (Wildman–Crippen MR) is 50.6 cm³/mol. The molecule has 0 aliphatic rings. The van der Waals surface area contributed by atoms with Crippen LogP contribution in [0.15, 0.2) is 18.6 Å². The van der Waals surface area contributed by atoms with E-state index >= 15 is 0 Å². The number of rotatable bonds is 1. The lowest BCUT2D eigenvalue weighted by Gasteiger charge is -2.03. The van der Waals surface area contributed by atoms with Gasteiger partial charge in [-0.3, -0.25) is 4.40 Å². The van der Waals surface area contributed by atoms with Crippen LogP contribution in [-0.2, 0) is 0 Å². The molecule has 0 fully saturated rings. The number of hydrogen-bond donors (Lipinski definition) is 1. The van der Waals surface area contributed by atoms with Crippen molar-refractivity contribution in [3.05, 3.63) is 29.4 Å². The van der Waals surface area contributed by atoms with Crippen LogP contribution in [0.2, 0.25) is 5.15 Å². The van der Waals surface area contributed by atoms with E-state index in [4.69, 9.17) is 17.3 Å². The van der Waals surface area contributed by atoms with Gasteiger partial charge in [-0.05, 0) is 6.92 Å². The first-order valence-corrected chi connectivity index (χ1v) is 4.30. The quantitative estimate of drug-likeness (QED) is 0.750. The van der Waals surface area contributed by atoms with Crippen molar-refractivity contribution in [1.29, 1.82) is 0 Å². The molecule has 2 heterocycles. The monoisotopic (exact) mass is 196 g/mol. The Hall–Kier alpha value is -1.13. The number of halogens is 1. The van der Waals surface area contributed by atoms with Crippen molar-refractivity contribution in [2.24, 2.45) is 5.73 Å². The summed E-state index contributed by atoms with van der Waals surface area (Å²) < 4.78 is 1.85. The average molecular weight is 197 g/mol.